The molecule has 1 aliphatic carbocycles. The molecule has 18 heavy (non-hydrogen) atoms. The normalized spacial score (nSPS) is 15.7. The average molecular weight is 289 g/mol. The predicted molar refractivity (Wildman–Crippen MR) is 75.9 cm³/mol. The fourth-order valence-corrected chi connectivity index (χ4v) is 2.06. The Morgan fingerprint density at radius 3 is 2.67 bits per heavy atom. The molecule has 0 aliphatic heterocycles. The maximum atomic E-state index is 12.1. The first-order chi connectivity index (χ1) is 8.05. The van der Waals surface area contributed by atoms with Crippen LogP contribution in [-0.2, 0) is 11.3 Å². The van der Waals surface area contributed by atoms with Crippen molar-refractivity contribution in [1.82, 2.24) is 4.90 Å². The molecule has 0 heterocycles. The zero-order chi connectivity index (χ0) is 12.5. The van der Waals surface area contributed by atoms with Crippen molar-refractivity contribution in [3.05, 3.63) is 34.9 Å². The van der Waals surface area contributed by atoms with E-state index in [0.29, 0.717) is 18.1 Å². The first-order valence-electron chi connectivity index (χ1n) is 5.88. The van der Waals surface area contributed by atoms with Gasteiger partial charge in [0.1, 0.15) is 0 Å². The Hall–Kier alpha value is -0.770. The van der Waals surface area contributed by atoms with Crippen molar-refractivity contribution in [2.45, 2.75) is 31.8 Å². The smallest absolute Gasteiger partial charge is 0.242 e. The van der Waals surface area contributed by atoms with Gasteiger partial charge < -0.3 is 10.6 Å². The van der Waals surface area contributed by atoms with Gasteiger partial charge in [-0.2, -0.15) is 0 Å². The highest BCUT2D eigenvalue weighted by molar-refractivity contribution is 6.30. The van der Waals surface area contributed by atoms with Crippen molar-refractivity contribution in [2.24, 2.45) is 5.73 Å². The Kier molecular flexibility index (Phi) is 5.02. The van der Waals surface area contributed by atoms with Crippen LogP contribution < -0.4 is 5.73 Å². The van der Waals surface area contributed by atoms with Crippen LogP contribution in [-0.4, -0.2) is 22.9 Å². The lowest BCUT2D eigenvalue weighted by Gasteiger charge is -2.24. The Morgan fingerprint density at radius 2 is 2.17 bits per heavy atom. The third kappa shape index (κ3) is 3.37. The van der Waals surface area contributed by atoms with Crippen LogP contribution in [0.15, 0.2) is 24.3 Å². The van der Waals surface area contributed by atoms with Crippen molar-refractivity contribution in [3.63, 3.8) is 0 Å². The van der Waals surface area contributed by atoms with E-state index in [1.165, 1.54) is 0 Å². The SMILES string of the molecule is CCN(Cc1cccc(Cl)c1)C(=O)C1(N)CC1.Cl. The molecule has 1 aromatic carbocycles. The van der Waals surface area contributed by atoms with Crippen LogP contribution in [0.2, 0.25) is 5.02 Å². The highest BCUT2D eigenvalue weighted by Crippen LogP contribution is 2.34. The summed E-state index contributed by atoms with van der Waals surface area (Å²) in [4.78, 5) is 13.9. The molecule has 3 nitrogen and oxygen atoms in total. The molecule has 0 radical (unpaired) electrons. The molecule has 1 fully saturated rings. The second kappa shape index (κ2) is 5.91. The standard InChI is InChI=1S/C13H17ClN2O.ClH/c1-2-16(12(17)13(15)6-7-13)9-10-4-3-5-11(14)8-10;/h3-5,8H,2,6-7,9,15H2,1H3;1H. The molecule has 0 atom stereocenters. The summed E-state index contributed by atoms with van der Waals surface area (Å²) in [5.74, 6) is 0.0555. The number of hydrogen-bond donors (Lipinski definition) is 1. The maximum Gasteiger partial charge on any atom is 0.242 e. The average Bonchev–Trinajstić information content (AvgIpc) is 3.05. The van der Waals surface area contributed by atoms with E-state index in [9.17, 15) is 4.79 Å². The van der Waals surface area contributed by atoms with Gasteiger partial charge in [-0.15, -0.1) is 12.4 Å². The number of benzene rings is 1. The maximum absolute atomic E-state index is 12.1. The molecule has 0 spiro atoms. The summed E-state index contributed by atoms with van der Waals surface area (Å²) in [6, 6.07) is 7.57. The van der Waals surface area contributed by atoms with Crippen LogP contribution in [0.1, 0.15) is 25.3 Å². The van der Waals surface area contributed by atoms with Crippen LogP contribution in [0, 0.1) is 0 Å². The van der Waals surface area contributed by atoms with Gasteiger partial charge in [0, 0.05) is 18.1 Å². The fraction of sp³-hybridized carbons (Fsp3) is 0.462. The van der Waals surface area contributed by atoms with E-state index >= 15 is 0 Å². The second-order valence-corrected chi connectivity index (χ2v) is 5.04. The van der Waals surface area contributed by atoms with Crippen LogP contribution in [0.3, 0.4) is 0 Å². The molecule has 1 amide bonds. The molecular formula is C13H18Cl2N2O. The molecule has 0 saturated heterocycles. The first-order valence-corrected chi connectivity index (χ1v) is 6.25. The number of likely N-dealkylation sites (N-methyl/N-ethyl adjacent to an activating group) is 1. The minimum absolute atomic E-state index is 0. The minimum atomic E-state index is -0.589. The predicted octanol–water partition coefficient (Wildman–Crippen LogP) is 2.60. The summed E-state index contributed by atoms with van der Waals surface area (Å²) in [5.41, 5.74) is 6.38. The van der Waals surface area contributed by atoms with Crippen molar-refractivity contribution < 1.29 is 4.79 Å². The number of hydrogen-bond acceptors (Lipinski definition) is 2. The van der Waals surface area contributed by atoms with E-state index in [2.05, 4.69) is 0 Å². The lowest BCUT2D eigenvalue weighted by atomic mass is 10.2. The van der Waals surface area contributed by atoms with E-state index in [0.717, 1.165) is 18.4 Å². The second-order valence-electron chi connectivity index (χ2n) is 4.61. The van der Waals surface area contributed by atoms with E-state index in [1.54, 1.807) is 4.90 Å². The van der Waals surface area contributed by atoms with E-state index in [-0.39, 0.29) is 18.3 Å². The highest BCUT2D eigenvalue weighted by atomic mass is 35.5. The van der Waals surface area contributed by atoms with E-state index in [1.807, 2.05) is 31.2 Å². The first kappa shape index (κ1) is 15.3. The van der Waals surface area contributed by atoms with Crippen molar-refractivity contribution >= 4 is 29.9 Å². The highest BCUT2D eigenvalue weighted by Gasteiger charge is 2.47. The van der Waals surface area contributed by atoms with Gasteiger partial charge in [-0.1, -0.05) is 23.7 Å². The Morgan fingerprint density at radius 1 is 1.50 bits per heavy atom. The molecular weight excluding hydrogens is 271 g/mol. The van der Waals surface area contributed by atoms with Crippen LogP contribution >= 0.6 is 24.0 Å². The number of carbonyl (C=O) groups excluding carboxylic acids is 1. The lowest BCUT2D eigenvalue weighted by molar-refractivity contribution is -0.134. The molecule has 1 aromatic rings. The van der Waals surface area contributed by atoms with Gasteiger partial charge in [0.25, 0.3) is 0 Å². The monoisotopic (exact) mass is 288 g/mol. The van der Waals surface area contributed by atoms with E-state index in [4.69, 9.17) is 17.3 Å². The van der Waals surface area contributed by atoms with Crippen molar-refractivity contribution in [2.75, 3.05) is 6.54 Å². The topological polar surface area (TPSA) is 46.3 Å². The van der Waals surface area contributed by atoms with Gasteiger partial charge in [-0.25, -0.2) is 0 Å². The number of carbonyl (C=O) groups is 1. The van der Waals surface area contributed by atoms with Gasteiger partial charge in [0.15, 0.2) is 0 Å². The Balaban J connectivity index is 0.00000162. The van der Waals surface area contributed by atoms with Gasteiger partial charge in [0.2, 0.25) is 5.91 Å². The summed E-state index contributed by atoms with van der Waals surface area (Å²) in [6.45, 7) is 3.22. The van der Waals surface area contributed by atoms with Crippen molar-refractivity contribution in [3.8, 4) is 0 Å². The summed E-state index contributed by atoms with van der Waals surface area (Å²) in [7, 11) is 0. The summed E-state index contributed by atoms with van der Waals surface area (Å²) >= 11 is 5.93. The lowest BCUT2D eigenvalue weighted by Crippen LogP contribution is -2.45. The molecule has 100 valence electrons. The van der Waals surface area contributed by atoms with Gasteiger partial charge in [-0.05, 0) is 37.5 Å². The van der Waals surface area contributed by atoms with Crippen molar-refractivity contribution in [1.29, 1.82) is 0 Å². The molecule has 1 saturated carbocycles. The number of halogens is 2. The number of nitrogens with two attached hydrogens (primary N) is 1. The largest absolute Gasteiger partial charge is 0.337 e. The molecule has 2 rings (SSSR count). The quantitative estimate of drug-likeness (QED) is 0.926. The third-order valence-electron chi connectivity index (χ3n) is 3.15. The van der Waals surface area contributed by atoms with E-state index < -0.39 is 5.54 Å². The van der Waals surface area contributed by atoms with Gasteiger partial charge in [-0.3, -0.25) is 4.79 Å². The zero-order valence-corrected chi connectivity index (χ0v) is 11.9. The van der Waals surface area contributed by atoms with Crippen LogP contribution in [0.4, 0.5) is 0 Å². The Labute approximate surface area is 119 Å². The summed E-state index contributed by atoms with van der Waals surface area (Å²) in [6.07, 6.45) is 1.61. The number of nitrogens with zero attached hydrogens (tertiary/aromatic N) is 1. The zero-order valence-electron chi connectivity index (χ0n) is 10.4. The Bertz CT molecular complexity index is 433. The third-order valence-corrected chi connectivity index (χ3v) is 3.38. The fourth-order valence-electron chi connectivity index (χ4n) is 1.85. The van der Waals surface area contributed by atoms with Crippen LogP contribution in [0.5, 0.6) is 0 Å². The van der Waals surface area contributed by atoms with Gasteiger partial charge in [0.05, 0.1) is 5.54 Å². The minimum Gasteiger partial charge on any atom is -0.337 e. The summed E-state index contributed by atoms with van der Waals surface area (Å²) in [5, 5.41) is 0.694. The van der Waals surface area contributed by atoms with Crippen LogP contribution in [0.25, 0.3) is 0 Å². The molecule has 5 heteroatoms. The molecule has 0 bridgehead atoms. The molecule has 2 N–H and O–H groups in total. The number of amides is 1. The van der Waals surface area contributed by atoms with Gasteiger partial charge >= 0.3 is 0 Å². The number of rotatable bonds is 4. The molecule has 0 unspecified atom stereocenters. The molecule has 1 aliphatic rings. The summed E-state index contributed by atoms with van der Waals surface area (Å²) < 4.78 is 0. The molecule has 0 aromatic heterocycles.